The highest BCUT2D eigenvalue weighted by molar-refractivity contribution is 6.00. The van der Waals surface area contributed by atoms with Gasteiger partial charge in [0.25, 0.3) is 0 Å². The van der Waals surface area contributed by atoms with Crippen LogP contribution >= 0.6 is 0 Å². The second kappa shape index (κ2) is 10.7. The second-order valence-electron chi connectivity index (χ2n) is 7.57. The molecule has 0 saturated carbocycles. The highest BCUT2D eigenvalue weighted by Gasteiger charge is 2.17. The van der Waals surface area contributed by atoms with Crippen LogP contribution in [0.3, 0.4) is 0 Å². The van der Waals surface area contributed by atoms with Crippen molar-refractivity contribution in [3.63, 3.8) is 0 Å². The fourth-order valence-electron chi connectivity index (χ4n) is 3.18. The fraction of sp³-hybridized carbons (Fsp3) is 0.304. The standard InChI is InChI=1S/C23H27F2N5O2/c1-29(2)12-5-13-32-22-10-8-17(15-18(22)21-6-4-11-26-30(21)3)27-23(31)28-20-9-7-16(24)14-19(20)25/h6-11,14-15H,4-5,12-13H2,1-3H3,(H2,27,28,31). The van der Waals surface area contributed by atoms with E-state index in [-0.39, 0.29) is 5.69 Å². The summed E-state index contributed by atoms with van der Waals surface area (Å²) in [7, 11) is 5.85. The molecular weight excluding hydrogens is 416 g/mol. The number of hydrogen-bond acceptors (Lipinski definition) is 5. The minimum atomic E-state index is -0.853. The lowest BCUT2D eigenvalue weighted by Gasteiger charge is -2.23. The van der Waals surface area contributed by atoms with Gasteiger partial charge in [-0.15, -0.1) is 0 Å². The van der Waals surface area contributed by atoms with E-state index >= 15 is 0 Å². The molecular formula is C23H27F2N5O2. The van der Waals surface area contributed by atoms with Gasteiger partial charge in [0.2, 0.25) is 0 Å². The van der Waals surface area contributed by atoms with Crippen molar-refractivity contribution in [2.45, 2.75) is 12.8 Å². The molecule has 7 nitrogen and oxygen atoms in total. The molecule has 2 aromatic carbocycles. The molecule has 170 valence electrons. The highest BCUT2D eigenvalue weighted by atomic mass is 19.1. The van der Waals surface area contributed by atoms with Gasteiger partial charge in [-0.1, -0.05) is 6.08 Å². The predicted molar refractivity (Wildman–Crippen MR) is 123 cm³/mol. The molecule has 2 N–H and O–H groups in total. The largest absolute Gasteiger partial charge is 0.493 e. The number of ether oxygens (including phenoxy) is 1. The van der Waals surface area contributed by atoms with Crippen molar-refractivity contribution < 1.29 is 18.3 Å². The number of halogens is 2. The van der Waals surface area contributed by atoms with Gasteiger partial charge in [0.15, 0.2) is 0 Å². The van der Waals surface area contributed by atoms with Crippen LogP contribution in [0.1, 0.15) is 18.4 Å². The smallest absolute Gasteiger partial charge is 0.323 e. The third-order valence-corrected chi connectivity index (χ3v) is 4.72. The van der Waals surface area contributed by atoms with Crippen LogP contribution in [0.4, 0.5) is 25.0 Å². The van der Waals surface area contributed by atoms with E-state index in [0.29, 0.717) is 30.5 Å². The number of nitrogens with zero attached hydrogens (tertiary/aromatic N) is 3. The summed E-state index contributed by atoms with van der Waals surface area (Å²) in [4.78, 5) is 14.5. The number of allylic oxidation sites excluding steroid dienone is 1. The summed E-state index contributed by atoms with van der Waals surface area (Å²) in [5.41, 5.74) is 2.00. The number of carbonyl (C=O) groups is 1. The Morgan fingerprint density at radius 2 is 2.00 bits per heavy atom. The third-order valence-electron chi connectivity index (χ3n) is 4.72. The zero-order valence-electron chi connectivity index (χ0n) is 18.4. The molecule has 0 atom stereocenters. The number of rotatable bonds is 8. The number of amides is 2. The SMILES string of the molecule is CN(C)CCCOc1ccc(NC(=O)Nc2ccc(F)cc2F)cc1C1=CCC=NN1C. The Kier molecular flexibility index (Phi) is 7.77. The molecule has 0 bridgehead atoms. The molecule has 2 aromatic rings. The molecule has 2 amide bonds. The van der Waals surface area contributed by atoms with Crippen LogP contribution in [-0.2, 0) is 0 Å². The summed E-state index contributed by atoms with van der Waals surface area (Å²) in [5, 5.41) is 11.1. The molecule has 3 rings (SSSR count). The van der Waals surface area contributed by atoms with E-state index in [2.05, 4.69) is 20.6 Å². The first-order valence-corrected chi connectivity index (χ1v) is 10.2. The van der Waals surface area contributed by atoms with Crippen molar-refractivity contribution >= 4 is 29.3 Å². The number of hydrogen-bond donors (Lipinski definition) is 2. The topological polar surface area (TPSA) is 69.2 Å². The molecule has 0 unspecified atom stereocenters. The van der Waals surface area contributed by atoms with Crippen LogP contribution in [0, 0.1) is 11.6 Å². The first-order valence-electron chi connectivity index (χ1n) is 10.2. The molecule has 1 heterocycles. The molecule has 0 aliphatic carbocycles. The number of urea groups is 1. The minimum absolute atomic E-state index is 0.117. The Hall–Kier alpha value is -3.46. The second-order valence-corrected chi connectivity index (χ2v) is 7.57. The first kappa shape index (κ1) is 23.2. The number of carbonyl (C=O) groups excluding carboxylic acids is 1. The maximum atomic E-state index is 13.8. The van der Waals surface area contributed by atoms with Gasteiger partial charge in [-0.3, -0.25) is 5.01 Å². The lowest BCUT2D eigenvalue weighted by atomic mass is 10.1. The van der Waals surface area contributed by atoms with E-state index in [1.165, 1.54) is 6.07 Å². The van der Waals surface area contributed by atoms with Gasteiger partial charge in [-0.05, 0) is 50.8 Å². The molecule has 0 fully saturated rings. The fourth-order valence-corrected chi connectivity index (χ4v) is 3.18. The normalized spacial score (nSPS) is 13.2. The Morgan fingerprint density at radius 3 is 2.72 bits per heavy atom. The van der Waals surface area contributed by atoms with E-state index in [1.807, 2.05) is 27.2 Å². The molecule has 1 aliphatic heterocycles. The van der Waals surface area contributed by atoms with Crippen LogP contribution < -0.4 is 15.4 Å². The zero-order valence-corrected chi connectivity index (χ0v) is 18.4. The average Bonchev–Trinajstić information content (AvgIpc) is 2.74. The molecule has 0 radical (unpaired) electrons. The molecule has 0 aromatic heterocycles. The third kappa shape index (κ3) is 6.27. The summed E-state index contributed by atoms with van der Waals surface area (Å²) < 4.78 is 32.9. The van der Waals surface area contributed by atoms with E-state index in [4.69, 9.17) is 4.74 Å². The van der Waals surface area contributed by atoms with Crippen molar-refractivity contribution in [3.05, 3.63) is 59.7 Å². The zero-order chi connectivity index (χ0) is 23.1. The van der Waals surface area contributed by atoms with Gasteiger partial charge in [-0.25, -0.2) is 13.6 Å². The summed E-state index contributed by atoms with van der Waals surface area (Å²) in [6.07, 6.45) is 5.37. The van der Waals surface area contributed by atoms with Gasteiger partial charge in [-0.2, -0.15) is 5.10 Å². The summed E-state index contributed by atoms with van der Waals surface area (Å²) in [6, 6.07) is 7.58. The molecule has 0 spiro atoms. The number of anilines is 2. The van der Waals surface area contributed by atoms with Crippen molar-refractivity contribution in [2.24, 2.45) is 5.10 Å². The van der Waals surface area contributed by atoms with Gasteiger partial charge in [0.05, 0.1) is 18.0 Å². The molecule has 1 aliphatic rings. The van der Waals surface area contributed by atoms with E-state index < -0.39 is 17.7 Å². The Labute approximate surface area is 186 Å². The summed E-state index contributed by atoms with van der Waals surface area (Å²) in [5.74, 6) is -0.893. The Morgan fingerprint density at radius 1 is 1.19 bits per heavy atom. The van der Waals surface area contributed by atoms with Crippen LogP contribution in [-0.4, -0.2) is 56.4 Å². The Bertz CT molecular complexity index is 1020. The van der Waals surface area contributed by atoms with Crippen LogP contribution in [0.15, 0.2) is 47.6 Å². The Balaban J connectivity index is 1.76. The molecule has 32 heavy (non-hydrogen) atoms. The first-order chi connectivity index (χ1) is 15.3. The molecule has 9 heteroatoms. The van der Waals surface area contributed by atoms with Crippen molar-refractivity contribution in [1.82, 2.24) is 9.91 Å². The van der Waals surface area contributed by atoms with Gasteiger partial charge in [0, 0.05) is 43.5 Å². The lowest BCUT2D eigenvalue weighted by Crippen LogP contribution is -2.21. The van der Waals surface area contributed by atoms with Crippen molar-refractivity contribution in [2.75, 3.05) is 44.9 Å². The quantitative estimate of drug-likeness (QED) is 0.585. The monoisotopic (exact) mass is 443 g/mol. The van der Waals surface area contributed by atoms with Crippen molar-refractivity contribution in [1.29, 1.82) is 0 Å². The lowest BCUT2D eigenvalue weighted by molar-refractivity contribution is 0.262. The minimum Gasteiger partial charge on any atom is -0.493 e. The van der Waals surface area contributed by atoms with E-state index in [1.54, 1.807) is 29.4 Å². The van der Waals surface area contributed by atoms with Crippen LogP contribution in [0.25, 0.3) is 5.70 Å². The van der Waals surface area contributed by atoms with Gasteiger partial charge < -0.3 is 20.3 Å². The van der Waals surface area contributed by atoms with Gasteiger partial charge >= 0.3 is 6.03 Å². The molecule has 0 saturated heterocycles. The van der Waals surface area contributed by atoms with E-state index in [9.17, 15) is 13.6 Å². The highest BCUT2D eigenvalue weighted by Crippen LogP contribution is 2.32. The number of nitrogens with one attached hydrogen (secondary N) is 2. The van der Waals surface area contributed by atoms with Gasteiger partial charge in [0.1, 0.15) is 17.4 Å². The summed E-state index contributed by atoms with van der Waals surface area (Å²) in [6.45, 7) is 1.45. The van der Waals surface area contributed by atoms with Crippen LogP contribution in [0.5, 0.6) is 5.75 Å². The maximum Gasteiger partial charge on any atom is 0.323 e. The summed E-state index contributed by atoms with van der Waals surface area (Å²) >= 11 is 0. The average molecular weight is 443 g/mol. The number of hydrazone groups is 1. The van der Waals surface area contributed by atoms with Crippen LogP contribution in [0.2, 0.25) is 0 Å². The predicted octanol–water partition coefficient (Wildman–Crippen LogP) is 4.60. The maximum absolute atomic E-state index is 13.8. The van der Waals surface area contributed by atoms with E-state index in [0.717, 1.165) is 30.3 Å². The number of benzene rings is 2. The van der Waals surface area contributed by atoms with Crippen molar-refractivity contribution in [3.8, 4) is 5.75 Å².